The fourth-order valence-electron chi connectivity index (χ4n) is 6.39. The van der Waals surface area contributed by atoms with Gasteiger partial charge in [0.15, 0.2) is 0 Å². The first-order valence-corrected chi connectivity index (χ1v) is 12.5. The summed E-state index contributed by atoms with van der Waals surface area (Å²) in [6, 6.07) is 13.3. The van der Waals surface area contributed by atoms with Gasteiger partial charge in [0.2, 0.25) is 5.91 Å². The highest BCUT2D eigenvalue weighted by Gasteiger charge is 2.53. The van der Waals surface area contributed by atoms with Crippen LogP contribution in [0.5, 0.6) is 0 Å². The van der Waals surface area contributed by atoms with Crippen molar-refractivity contribution in [1.82, 2.24) is 15.6 Å². The van der Waals surface area contributed by atoms with Crippen molar-refractivity contribution in [1.29, 1.82) is 0 Å². The second-order valence-electron chi connectivity index (χ2n) is 10.6. The van der Waals surface area contributed by atoms with Crippen LogP contribution in [0.15, 0.2) is 54.9 Å². The van der Waals surface area contributed by atoms with Crippen LogP contribution in [-0.2, 0) is 11.3 Å². The van der Waals surface area contributed by atoms with Crippen LogP contribution in [0.4, 0.5) is 0 Å². The van der Waals surface area contributed by atoms with E-state index in [4.69, 9.17) is 0 Å². The van der Waals surface area contributed by atoms with Gasteiger partial charge in [-0.3, -0.25) is 14.6 Å². The Morgan fingerprint density at radius 1 is 1.12 bits per heavy atom. The van der Waals surface area contributed by atoms with E-state index >= 15 is 0 Å². The molecule has 3 N–H and O–H groups in total. The molecule has 0 bridgehead atoms. The number of fused-ring (bicyclic) bond motifs is 1. The van der Waals surface area contributed by atoms with Gasteiger partial charge in [0.05, 0.1) is 6.10 Å². The van der Waals surface area contributed by atoms with Gasteiger partial charge in [-0.05, 0) is 66.5 Å². The smallest absolute Gasteiger partial charge is 0.251 e. The van der Waals surface area contributed by atoms with E-state index in [2.05, 4.69) is 29.5 Å². The Labute approximate surface area is 202 Å². The van der Waals surface area contributed by atoms with Crippen LogP contribution in [0.2, 0.25) is 0 Å². The lowest BCUT2D eigenvalue weighted by Crippen LogP contribution is -2.58. The molecule has 0 radical (unpaired) electrons. The largest absolute Gasteiger partial charge is 0.392 e. The number of nitrogens with one attached hydrogen (secondary N) is 2. The van der Waals surface area contributed by atoms with Crippen molar-refractivity contribution >= 4 is 11.8 Å². The van der Waals surface area contributed by atoms with E-state index in [0.29, 0.717) is 12.1 Å². The Hall–Kier alpha value is -2.73. The van der Waals surface area contributed by atoms with Crippen molar-refractivity contribution in [3.8, 4) is 0 Å². The molecule has 2 fully saturated rings. The summed E-state index contributed by atoms with van der Waals surface area (Å²) < 4.78 is 0. The Kier molecular flexibility index (Phi) is 7.36. The third kappa shape index (κ3) is 5.02. The lowest BCUT2D eigenvalue weighted by atomic mass is 9.51. The SMILES string of the molecule is C[C@H]1[C@@H]2[C@@H](O)[C@H]([C@H](C)C(=O)NCc3ccccc3)CC[C@@]2(C)CC[C@@H]1NC(=O)c1ccncc1. The summed E-state index contributed by atoms with van der Waals surface area (Å²) >= 11 is 0. The molecule has 1 aromatic heterocycles. The zero-order chi connectivity index (χ0) is 24.3. The number of rotatable bonds is 6. The third-order valence-corrected chi connectivity index (χ3v) is 8.51. The number of nitrogens with zero attached hydrogens (tertiary/aromatic N) is 1. The molecule has 2 aromatic rings. The first kappa shape index (κ1) is 24.4. The van der Waals surface area contributed by atoms with Gasteiger partial charge in [0.1, 0.15) is 0 Å². The van der Waals surface area contributed by atoms with Crippen molar-refractivity contribution in [2.45, 2.75) is 65.1 Å². The van der Waals surface area contributed by atoms with E-state index in [1.54, 1.807) is 24.5 Å². The minimum atomic E-state index is -0.577. The highest BCUT2D eigenvalue weighted by molar-refractivity contribution is 5.94. The lowest BCUT2D eigenvalue weighted by molar-refractivity contribution is -0.142. The van der Waals surface area contributed by atoms with E-state index in [0.717, 1.165) is 31.2 Å². The second kappa shape index (κ2) is 10.3. The van der Waals surface area contributed by atoms with Crippen LogP contribution in [0.1, 0.15) is 62.4 Å². The topological polar surface area (TPSA) is 91.3 Å². The molecule has 182 valence electrons. The molecule has 1 heterocycles. The van der Waals surface area contributed by atoms with Crippen LogP contribution in [-0.4, -0.2) is 34.1 Å². The minimum Gasteiger partial charge on any atom is -0.392 e. The van der Waals surface area contributed by atoms with Crippen LogP contribution < -0.4 is 10.6 Å². The zero-order valence-electron chi connectivity index (χ0n) is 20.4. The maximum Gasteiger partial charge on any atom is 0.251 e. The predicted octanol–water partition coefficient (Wildman–Crippen LogP) is 3.96. The van der Waals surface area contributed by atoms with Crippen molar-refractivity contribution < 1.29 is 14.7 Å². The molecule has 34 heavy (non-hydrogen) atoms. The lowest BCUT2D eigenvalue weighted by Gasteiger charge is -2.56. The van der Waals surface area contributed by atoms with Crippen molar-refractivity contribution in [3.05, 3.63) is 66.0 Å². The van der Waals surface area contributed by atoms with Gasteiger partial charge < -0.3 is 15.7 Å². The van der Waals surface area contributed by atoms with Crippen molar-refractivity contribution in [3.63, 3.8) is 0 Å². The molecule has 1 aromatic carbocycles. The molecule has 2 aliphatic rings. The first-order valence-electron chi connectivity index (χ1n) is 12.5. The second-order valence-corrected chi connectivity index (χ2v) is 10.6. The number of aliphatic hydroxyl groups is 1. The zero-order valence-corrected chi connectivity index (χ0v) is 20.4. The molecular formula is C28H37N3O3. The van der Waals surface area contributed by atoms with E-state index in [1.807, 2.05) is 37.3 Å². The highest BCUT2D eigenvalue weighted by Crippen LogP contribution is 2.55. The number of amides is 2. The summed E-state index contributed by atoms with van der Waals surface area (Å²) in [5, 5.41) is 17.8. The van der Waals surface area contributed by atoms with E-state index in [9.17, 15) is 14.7 Å². The van der Waals surface area contributed by atoms with Gasteiger partial charge in [-0.2, -0.15) is 0 Å². The monoisotopic (exact) mass is 463 g/mol. The molecule has 2 amide bonds. The number of benzene rings is 1. The Morgan fingerprint density at radius 3 is 2.50 bits per heavy atom. The normalized spacial score (nSPS) is 31.7. The molecule has 2 saturated carbocycles. The van der Waals surface area contributed by atoms with Crippen molar-refractivity contribution in [2.75, 3.05) is 0 Å². The van der Waals surface area contributed by atoms with Crippen LogP contribution in [0, 0.1) is 29.1 Å². The van der Waals surface area contributed by atoms with E-state index in [-0.39, 0.29) is 46.9 Å². The standard InChI is InChI=1S/C28H37N3O3/c1-18(26(33)30-17-20-7-5-4-6-8-20)22-9-13-28(3)14-10-23(19(2)24(28)25(22)32)31-27(34)21-11-15-29-16-12-21/h4-8,11-12,15-16,18-19,22-25,32H,9-10,13-14,17H2,1-3H3,(H,30,33)(H,31,34)/t18-,19+,22-,23-,24+,25-,28-/m0/s1. The number of hydrogen-bond donors (Lipinski definition) is 3. The summed E-state index contributed by atoms with van der Waals surface area (Å²) in [5.41, 5.74) is 1.68. The Morgan fingerprint density at radius 2 is 1.79 bits per heavy atom. The molecular weight excluding hydrogens is 426 g/mol. The fourth-order valence-corrected chi connectivity index (χ4v) is 6.39. The maximum atomic E-state index is 13.0. The molecule has 0 spiro atoms. The molecule has 7 atom stereocenters. The summed E-state index contributed by atoms with van der Waals surface area (Å²) in [7, 11) is 0. The number of pyridine rings is 1. The molecule has 6 nitrogen and oxygen atoms in total. The van der Waals surface area contributed by atoms with E-state index < -0.39 is 6.10 Å². The molecule has 0 saturated heterocycles. The van der Waals surface area contributed by atoms with Gasteiger partial charge in [0.25, 0.3) is 5.91 Å². The highest BCUT2D eigenvalue weighted by atomic mass is 16.3. The van der Waals surface area contributed by atoms with Gasteiger partial charge in [-0.25, -0.2) is 0 Å². The third-order valence-electron chi connectivity index (χ3n) is 8.51. The summed E-state index contributed by atoms with van der Waals surface area (Å²) in [6.07, 6.45) is 6.36. The average Bonchev–Trinajstić information content (AvgIpc) is 2.85. The molecule has 2 aliphatic carbocycles. The number of carbonyl (C=O) groups is 2. The van der Waals surface area contributed by atoms with Crippen LogP contribution >= 0.6 is 0 Å². The number of carbonyl (C=O) groups excluding carboxylic acids is 2. The Balaban J connectivity index is 1.42. The van der Waals surface area contributed by atoms with Crippen LogP contribution in [0.25, 0.3) is 0 Å². The van der Waals surface area contributed by atoms with Gasteiger partial charge >= 0.3 is 0 Å². The van der Waals surface area contributed by atoms with Crippen molar-refractivity contribution in [2.24, 2.45) is 29.1 Å². The van der Waals surface area contributed by atoms with E-state index in [1.165, 1.54) is 0 Å². The fraction of sp³-hybridized carbons (Fsp3) is 0.536. The average molecular weight is 464 g/mol. The molecule has 0 aliphatic heterocycles. The summed E-state index contributed by atoms with van der Waals surface area (Å²) in [6.45, 7) is 6.85. The number of hydrogen-bond acceptors (Lipinski definition) is 4. The number of aliphatic hydroxyl groups excluding tert-OH is 1. The van der Waals surface area contributed by atoms with Gasteiger partial charge in [-0.1, -0.05) is 51.1 Å². The first-order chi connectivity index (χ1) is 16.3. The molecule has 4 rings (SSSR count). The number of aromatic nitrogens is 1. The quantitative estimate of drug-likeness (QED) is 0.605. The van der Waals surface area contributed by atoms with Gasteiger partial charge in [-0.15, -0.1) is 0 Å². The Bertz CT molecular complexity index is 983. The van der Waals surface area contributed by atoms with Crippen LogP contribution in [0.3, 0.4) is 0 Å². The summed E-state index contributed by atoms with van der Waals surface area (Å²) in [4.78, 5) is 29.7. The summed E-state index contributed by atoms with van der Waals surface area (Å²) in [5.74, 6) is -0.330. The van der Waals surface area contributed by atoms with Gasteiger partial charge in [0, 0.05) is 36.5 Å². The molecule has 0 unspecified atom stereocenters. The molecule has 6 heteroatoms. The minimum absolute atomic E-state index is 0.00523. The maximum absolute atomic E-state index is 13.0. The predicted molar refractivity (Wildman–Crippen MR) is 132 cm³/mol.